The van der Waals surface area contributed by atoms with Crippen LogP contribution in [0.15, 0.2) is 24.3 Å². The molecule has 0 bridgehead atoms. The highest BCUT2D eigenvalue weighted by molar-refractivity contribution is 6.09. The molecule has 1 aromatic rings. The Labute approximate surface area is 165 Å². The fourth-order valence-corrected chi connectivity index (χ4v) is 4.79. The minimum Gasteiger partial charge on any atom is -0.497 e. The second kappa shape index (κ2) is 7.45. The van der Waals surface area contributed by atoms with E-state index in [1.165, 1.54) is 0 Å². The fraction of sp³-hybridized carbons (Fsp3) is 0.571. The van der Waals surface area contributed by atoms with Crippen LogP contribution in [0.5, 0.6) is 5.75 Å². The summed E-state index contributed by atoms with van der Waals surface area (Å²) in [7, 11) is 1.59. The van der Waals surface area contributed by atoms with E-state index < -0.39 is 11.6 Å². The van der Waals surface area contributed by atoms with Gasteiger partial charge in [-0.3, -0.25) is 14.5 Å². The maximum absolute atomic E-state index is 13.1. The molecule has 7 heteroatoms. The highest BCUT2D eigenvalue weighted by Crippen LogP contribution is 2.46. The number of benzene rings is 1. The number of nitrogens with one attached hydrogen (secondary N) is 2. The Balaban J connectivity index is 1.61. The van der Waals surface area contributed by atoms with Crippen molar-refractivity contribution in [2.45, 2.75) is 52.1 Å². The molecule has 3 rings (SSSR count). The number of rotatable bonds is 5. The Hall–Kier alpha value is -2.57. The van der Waals surface area contributed by atoms with Crippen molar-refractivity contribution >= 4 is 17.8 Å². The van der Waals surface area contributed by atoms with Crippen molar-refractivity contribution in [3.05, 3.63) is 29.8 Å². The van der Waals surface area contributed by atoms with Crippen LogP contribution >= 0.6 is 0 Å². The average molecular weight is 387 g/mol. The molecule has 2 unspecified atom stereocenters. The average Bonchev–Trinajstić information content (AvgIpc) is 2.82. The zero-order valence-corrected chi connectivity index (χ0v) is 17.0. The maximum Gasteiger partial charge on any atom is 0.325 e. The predicted molar refractivity (Wildman–Crippen MR) is 105 cm³/mol. The SMILES string of the molecule is COc1ccc(CNC(=O)CN2C(=O)NC3(CC(C)CC(C)(C)C3)C2=O)cc1. The molecule has 2 fully saturated rings. The molecule has 1 aliphatic heterocycles. The lowest BCUT2D eigenvalue weighted by Crippen LogP contribution is -2.54. The summed E-state index contributed by atoms with van der Waals surface area (Å²) in [4.78, 5) is 38.9. The third-order valence-electron chi connectivity index (χ3n) is 5.57. The van der Waals surface area contributed by atoms with Crippen LogP contribution in [0.3, 0.4) is 0 Å². The van der Waals surface area contributed by atoms with Crippen LogP contribution in [0.1, 0.15) is 45.6 Å². The normalized spacial score (nSPS) is 26.3. The quantitative estimate of drug-likeness (QED) is 0.760. The van der Waals surface area contributed by atoms with E-state index in [1.807, 2.05) is 24.3 Å². The van der Waals surface area contributed by atoms with Gasteiger partial charge in [0.25, 0.3) is 5.91 Å². The van der Waals surface area contributed by atoms with Gasteiger partial charge in [-0.1, -0.05) is 32.9 Å². The second-order valence-corrected chi connectivity index (χ2v) is 8.88. The molecule has 4 amide bonds. The minimum atomic E-state index is -0.880. The first kappa shape index (κ1) is 20.2. The first-order chi connectivity index (χ1) is 13.1. The molecule has 7 nitrogen and oxygen atoms in total. The van der Waals surface area contributed by atoms with Crippen LogP contribution in [0, 0.1) is 11.3 Å². The second-order valence-electron chi connectivity index (χ2n) is 8.88. The zero-order valence-electron chi connectivity index (χ0n) is 17.0. The van der Waals surface area contributed by atoms with Crippen molar-refractivity contribution in [3.8, 4) is 5.75 Å². The molecule has 2 aliphatic rings. The summed E-state index contributed by atoms with van der Waals surface area (Å²) < 4.78 is 5.11. The number of urea groups is 1. The van der Waals surface area contributed by atoms with Gasteiger partial charge in [0.2, 0.25) is 5.91 Å². The van der Waals surface area contributed by atoms with Gasteiger partial charge >= 0.3 is 6.03 Å². The lowest BCUT2D eigenvalue weighted by Gasteiger charge is -2.43. The van der Waals surface area contributed by atoms with Crippen molar-refractivity contribution in [3.63, 3.8) is 0 Å². The molecular weight excluding hydrogens is 358 g/mol. The van der Waals surface area contributed by atoms with Crippen LogP contribution in [-0.4, -0.2) is 41.9 Å². The molecule has 1 saturated carbocycles. The predicted octanol–water partition coefficient (Wildman–Crippen LogP) is 2.45. The van der Waals surface area contributed by atoms with E-state index in [0.29, 0.717) is 25.3 Å². The monoisotopic (exact) mass is 387 g/mol. The molecule has 1 aromatic carbocycles. The summed E-state index contributed by atoms with van der Waals surface area (Å²) >= 11 is 0. The van der Waals surface area contributed by atoms with E-state index in [-0.39, 0.29) is 23.8 Å². The highest BCUT2D eigenvalue weighted by atomic mass is 16.5. The van der Waals surface area contributed by atoms with Gasteiger partial charge in [-0.15, -0.1) is 0 Å². The molecule has 152 valence electrons. The molecular formula is C21H29N3O4. The van der Waals surface area contributed by atoms with Crippen LogP contribution < -0.4 is 15.4 Å². The number of methoxy groups -OCH3 is 1. The van der Waals surface area contributed by atoms with Gasteiger partial charge in [-0.25, -0.2) is 4.79 Å². The van der Waals surface area contributed by atoms with Gasteiger partial charge < -0.3 is 15.4 Å². The third-order valence-corrected chi connectivity index (χ3v) is 5.57. The van der Waals surface area contributed by atoms with Gasteiger partial charge in [0.1, 0.15) is 17.8 Å². The summed E-state index contributed by atoms with van der Waals surface area (Å²) in [6, 6.07) is 6.86. The number of hydrogen-bond donors (Lipinski definition) is 2. The fourth-order valence-electron chi connectivity index (χ4n) is 4.79. The van der Waals surface area contributed by atoms with Crippen molar-refractivity contribution in [2.24, 2.45) is 11.3 Å². The van der Waals surface area contributed by atoms with Crippen molar-refractivity contribution in [1.82, 2.24) is 15.5 Å². The van der Waals surface area contributed by atoms with Gasteiger partial charge in [0.15, 0.2) is 0 Å². The molecule has 1 aliphatic carbocycles. The number of nitrogens with zero attached hydrogens (tertiary/aromatic N) is 1. The van der Waals surface area contributed by atoms with E-state index in [0.717, 1.165) is 22.6 Å². The summed E-state index contributed by atoms with van der Waals surface area (Å²) in [5.41, 5.74) is -0.00689. The van der Waals surface area contributed by atoms with Gasteiger partial charge in [0.05, 0.1) is 7.11 Å². The van der Waals surface area contributed by atoms with Crippen molar-refractivity contribution in [2.75, 3.05) is 13.7 Å². The van der Waals surface area contributed by atoms with Crippen molar-refractivity contribution in [1.29, 1.82) is 0 Å². The van der Waals surface area contributed by atoms with E-state index in [1.54, 1.807) is 7.11 Å². The summed E-state index contributed by atoms with van der Waals surface area (Å²) in [5.74, 6) is 0.428. The maximum atomic E-state index is 13.1. The molecule has 1 spiro atoms. The molecule has 2 N–H and O–H groups in total. The number of carbonyl (C=O) groups is 3. The Morgan fingerprint density at radius 2 is 1.93 bits per heavy atom. The molecule has 0 radical (unpaired) electrons. The summed E-state index contributed by atoms with van der Waals surface area (Å²) in [6.45, 7) is 6.40. The Morgan fingerprint density at radius 1 is 1.25 bits per heavy atom. The van der Waals surface area contributed by atoms with E-state index in [4.69, 9.17) is 4.74 Å². The largest absolute Gasteiger partial charge is 0.497 e. The molecule has 0 aromatic heterocycles. The molecule has 2 atom stereocenters. The molecule has 1 saturated heterocycles. The number of hydrogen-bond acceptors (Lipinski definition) is 4. The number of carbonyl (C=O) groups excluding carboxylic acids is 3. The van der Waals surface area contributed by atoms with Crippen LogP contribution in [-0.2, 0) is 16.1 Å². The van der Waals surface area contributed by atoms with Gasteiger partial charge in [-0.2, -0.15) is 0 Å². The first-order valence-corrected chi connectivity index (χ1v) is 9.68. The van der Waals surface area contributed by atoms with Gasteiger partial charge in [-0.05, 0) is 48.3 Å². The van der Waals surface area contributed by atoms with Crippen LogP contribution in [0.2, 0.25) is 0 Å². The lowest BCUT2D eigenvalue weighted by atomic mass is 9.64. The first-order valence-electron chi connectivity index (χ1n) is 9.68. The number of ether oxygens (including phenoxy) is 1. The minimum absolute atomic E-state index is 0.0345. The summed E-state index contributed by atoms with van der Waals surface area (Å²) in [6.07, 6.45) is 2.23. The Bertz CT molecular complexity index is 774. The Kier molecular flexibility index (Phi) is 5.37. The smallest absolute Gasteiger partial charge is 0.325 e. The number of imide groups is 1. The third kappa shape index (κ3) is 4.13. The standard InChI is InChI=1S/C21H29N3O4/c1-14-9-20(2,3)13-21(10-14)18(26)24(19(27)23-21)12-17(25)22-11-15-5-7-16(28-4)8-6-15/h5-8,14H,9-13H2,1-4H3,(H,22,25)(H,23,27). The Morgan fingerprint density at radius 3 is 2.54 bits per heavy atom. The van der Waals surface area contributed by atoms with E-state index >= 15 is 0 Å². The van der Waals surface area contributed by atoms with E-state index in [9.17, 15) is 14.4 Å². The molecule has 1 heterocycles. The van der Waals surface area contributed by atoms with Gasteiger partial charge in [0, 0.05) is 6.54 Å². The topological polar surface area (TPSA) is 87.7 Å². The van der Waals surface area contributed by atoms with Crippen LogP contribution in [0.4, 0.5) is 4.79 Å². The van der Waals surface area contributed by atoms with E-state index in [2.05, 4.69) is 31.4 Å². The van der Waals surface area contributed by atoms with Crippen LogP contribution in [0.25, 0.3) is 0 Å². The van der Waals surface area contributed by atoms with Crippen molar-refractivity contribution < 1.29 is 19.1 Å². The summed E-state index contributed by atoms with van der Waals surface area (Å²) in [5, 5.41) is 5.66. The number of amides is 4. The zero-order chi connectivity index (χ0) is 20.5. The molecule has 28 heavy (non-hydrogen) atoms. The lowest BCUT2D eigenvalue weighted by molar-refractivity contribution is -0.137. The highest BCUT2D eigenvalue weighted by Gasteiger charge is 2.56.